The largest absolute Gasteiger partial charge is 0.506 e. The topological polar surface area (TPSA) is 20.2 Å². The van der Waals surface area contributed by atoms with Crippen molar-refractivity contribution < 1.29 is 5.11 Å². The van der Waals surface area contributed by atoms with Crippen LogP contribution in [0, 0.1) is 13.8 Å². The van der Waals surface area contributed by atoms with Gasteiger partial charge in [-0.2, -0.15) is 0 Å². The molecule has 60 valence electrons. The third-order valence-corrected chi connectivity index (χ3v) is 3.27. The summed E-state index contributed by atoms with van der Waals surface area (Å²) in [7, 11) is 0. The van der Waals surface area contributed by atoms with Gasteiger partial charge in [0, 0.05) is 0 Å². The second kappa shape index (κ2) is 3.15. The molecule has 0 saturated heterocycles. The number of hydrogen-bond donors (Lipinski definition) is 1. The molecular formula is C8H8Br2O. The minimum atomic E-state index is 0.271. The normalized spacial score (nSPS) is 10.2. The molecule has 3 heteroatoms. The minimum absolute atomic E-state index is 0.271. The highest BCUT2D eigenvalue weighted by molar-refractivity contribution is 9.11. The lowest BCUT2D eigenvalue weighted by Crippen LogP contribution is -1.83. The molecule has 0 bridgehead atoms. The van der Waals surface area contributed by atoms with E-state index in [4.69, 9.17) is 0 Å². The van der Waals surface area contributed by atoms with Crippen LogP contribution in [0.15, 0.2) is 15.0 Å². The maximum absolute atomic E-state index is 9.42. The van der Waals surface area contributed by atoms with Crippen LogP contribution in [0.4, 0.5) is 0 Å². The Labute approximate surface area is 82.7 Å². The van der Waals surface area contributed by atoms with Crippen molar-refractivity contribution in [2.45, 2.75) is 13.8 Å². The quantitative estimate of drug-likeness (QED) is 0.770. The number of phenols is 1. The molecule has 0 aliphatic heterocycles. The van der Waals surface area contributed by atoms with E-state index in [1.165, 1.54) is 0 Å². The predicted molar refractivity (Wildman–Crippen MR) is 53.0 cm³/mol. The van der Waals surface area contributed by atoms with Crippen molar-refractivity contribution in [1.82, 2.24) is 0 Å². The Hall–Kier alpha value is -0.0200. The average Bonchev–Trinajstić information content (AvgIpc) is 1.97. The van der Waals surface area contributed by atoms with E-state index >= 15 is 0 Å². The van der Waals surface area contributed by atoms with Gasteiger partial charge in [0.1, 0.15) is 5.75 Å². The van der Waals surface area contributed by atoms with Gasteiger partial charge in [-0.3, -0.25) is 0 Å². The molecule has 1 N–H and O–H groups in total. The molecule has 0 heterocycles. The number of phenolic OH excluding ortho intramolecular Hbond substituents is 1. The number of rotatable bonds is 0. The van der Waals surface area contributed by atoms with Gasteiger partial charge in [-0.25, -0.2) is 0 Å². The van der Waals surface area contributed by atoms with Crippen LogP contribution in [0.2, 0.25) is 0 Å². The molecule has 11 heavy (non-hydrogen) atoms. The summed E-state index contributed by atoms with van der Waals surface area (Å²) in [5, 5.41) is 9.42. The van der Waals surface area contributed by atoms with Crippen LogP contribution in [-0.2, 0) is 0 Å². The van der Waals surface area contributed by atoms with E-state index in [0.29, 0.717) is 0 Å². The van der Waals surface area contributed by atoms with Gasteiger partial charge >= 0.3 is 0 Å². The maximum atomic E-state index is 9.42. The molecule has 0 aliphatic rings. The number of aryl methyl sites for hydroxylation is 1. The summed E-state index contributed by atoms with van der Waals surface area (Å²) in [6.45, 7) is 3.97. The lowest BCUT2D eigenvalue weighted by molar-refractivity contribution is 0.467. The monoisotopic (exact) mass is 278 g/mol. The van der Waals surface area contributed by atoms with Crippen molar-refractivity contribution in [3.8, 4) is 5.75 Å². The minimum Gasteiger partial charge on any atom is -0.506 e. The first-order valence-corrected chi connectivity index (χ1v) is 4.76. The summed E-state index contributed by atoms with van der Waals surface area (Å²) in [4.78, 5) is 0. The van der Waals surface area contributed by atoms with Crippen LogP contribution >= 0.6 is 31.9 Å². The molecule has 0 saturated carbocycles. The van der Waals surface area contributed by atoms with E-state index in [-0.39, 0.29) is 5.75 Å². The summed E-state index contributed by atoms with van der Waals surface area (Å²) in [6.07, 6.45) is 0. The molecule has 0 aromatic heterocycles. The highest BCUT2D eigenvalue weighted by Crippen LogP contribution is 2.36. The van der Waals surface area contributed by atoms with Gasteiger partial charge in [-0.05, 0) is 62.9 Å². The SMILES string of the molecule is Cc1cc(Br)c(O)c(Br)c1C. The van der Waals surface area contributed by atoms with Gasteiger partial charge < -0.3 is 5.11 Å². The maximum Gasteiger partial charge on any atom is 0.144 e. The van der Waals surface area contributed by atoms with Gasteiger partial charge in [0.25, 0.3) is 0 Å². The lowest BCUT2D eigenvalue weighted by Gasteiger charge is -2.06. The molecular weight excluding hydrogens is 272 g/mol. The number of aromatic hydroxyl groups is 1. The Bertz CT molecular complexity index is 268. The van der Waals surface area contributed by atoms with Crippen molar-refractivity contribution >= 4 is 31.9 Å². The van der Waals surface area contributed by atoms with Crippen LogP contribution in [0.3, 0.4) is 0 Å². The van der Waals surface area contributed by atoms with Gasteiger partial charge in [0.15, 0.2) is 0 Å². The predicted octanol–water partition coefficient (Wildman–Crippen LogP) is 3.53. The first kappa shape index (κ1) is 9.07. The van der Waals surface area contributed by atoms with Crippen molar-refractivity contribution in [3.05, 3.63) is 26.1 Å². The zero-order chi connectivity index (χ0) is 8.59. The summed E-state index contributed by atoms with van der Waals surface area (Å²) in [5.41, 5.74) is 2.23. The van der Waals surface area contributed by atoms with E-state index < -0.39 is 0 Å². The zero-order valence-electron chi connectivity index (χ0n) is 6.28. The molecule has 1 aromatic carbocycles. The van der Waals surface area contributed by atoms with Crippen LogP contribution in [0.5, 0.6) is 5.75 Å². The van der Waals surface area contributed by atoms with Gasteiger partial charge in [-0.1, -0.05) is 0 Å². The Kier molecular flexibility index (Phi) is 2.60. The highest BCUT2D eigenvalue weighted by atomic mass is 79.9. The Morgan fingerprint density at radius 2 is 1.82 bits per heavy atom. The molecule has 0 atom stereocenters. The van der Waals surface area contributed by atoms with Crippen molar-refractivity contribution in [1.29, 1.82) is 0 Å². The number of benzene rings is 1. The number of hydrogen-bond acceptors (Lipinski definition) is 1. The molecule has 0 amide bonds. The Balaban J connectivity index is 3.46. The third-order valence-electron chi connectivity index (χ3n) is 1.70. The van der Waals surface area contributed by atoms with Crippen LogP contribution in [-0.4, -0.2) is 5.11 Å². The first-order valence-electron chi connectivity index (χ1n) is 3.18. The van der Waals surface area contributed by atoms with Gasteiger partial charge in [0.05, 0.1) is 8.95 Å². The molecule has 1 nitrogen and oxygen atoms in total. The van der Waals surface area contributed by atoms with Crippen molar-refractivity contribution in [2.24, 2.45) is 0 Å². The second-order valence-electron chi connectivity index (χ2n) is 2.46. The van der Waals surface area contributed by atoms with Crippen LogP contribution in [0.25, 0.3) is 0 Å². The summed E-state index contributed by atoms with van der Waals surface area (Å²) < 4.78 is 1.50. The molecule has 0 aliphatic carbocycles. The molecule has 0 spiro atoms. The van der Waals surface area contributed by atoms with Crippen LogP contribution in [0.1, 0.15) is 11.1 Å². The van der Waals surface area contributed by atoms with Crippen LogP contribution < -0.4 is 0 Å². The summed E-state index contributed by atoms with van der Waals surface area (Å²) >= 11 is 6.55. The fourth-order valence-electron chi connectivity index (χ4n) is 0.822. The Morgan fingerprint density at radius 1 is 1.27 bits per heavy atom. The van der Waals surface area contributed by atoms with E-state index in [0.717, 1.165) is 20.1 Å². The fourth-order valence-corrected chi connectivity index (χ4v) is 2.16. The van der Waals surface area contributed by atoms with E-state index in [1.807, 2.05) is 19.9 Å². The van der Waals surface area contributed by atoms with E-state index in [2.05, 4.69) is 31.9 Å². The molecule has 1 aromatic rings. The van der Waals surface area contributed by atoms with E-state index in [1.54, 1.807) is 0 Å². The Morgan fingerprint density at radius 3 is 2.36 bits per heavy atom. The number of halogens is 2. The van der Waals surface area contributed by atoms with Crippen molar-refractivity contribution in [3.63, 3.8) is 0 Å². The van der Waals surface area contributed by atoms with Gasteiger partial charge in [0.2, 0.25) is 0 Å². The standard InChI is InChI=1S/C8H8Br2O/c1-4-3-6(9)8(11)7(10)5(4)2/h3,11H,1-2H3. The first-order chi connectivity index (χ1) is 5.04. The fraction of sp³-hybridized carbons (Fsp3) is 0.250. The average molecular weight is 280 g/mol. The highest BCUT2D eigenvalue weighted by Gasteiger charge is 2.07. The third kappa shape index (κ3) is 1.59. The molecule has 0 radical (unpaired) electrons. The van der Waals surface area contributed by atoms with E-state index in [9.17, 15) is 5.11 Å². The summed E-state index contributed by atoms with van der Waals surface area (Å²) in [6, 6.07) is 1.90. The second-order valence-corrected chi connectivity index (χ2v) is 4.11. The lowest BCUT2D eigenvalue weighted by atomic mass is 10.1. The smallest absolute Gasteiger partial charge is 0.144 e. The zero-order valence-corrected chi connectivity index (χ0v) is 9.45. The molecule has 1 rings (SSSR count). The summed E-state index contributed by atoms with van der Waals surface area (Å²) in [5.74, 6) is 0.271. The molecule has 0 unspecified atom stereocenters. The molecule has 0 fully saturated rings. The van der Waals surface area contributed by atoms with Gasteiger partial charge in [-0.15, -0.1) is 0 Å². The van der Waals surface area contributed by atoms with Crippen molar-refractivity contribution in [2.75, 3.05) is 0 Å².